The van der Waals surface area contributed by atoms with E-state index in [1.54, 1.807) is 14.2 Å². The molecule has 0 saturated carbocycles. The molecule has 2 aliphatic rings. The third kappa shape index (κ3) is 6.70. The van der Waals surface area contributed by atoms with E-state index in [1.165, 1.54) is 18.4 Å². The van der Waals surface area contributed by atoms with Crippen molar-refractivity contribution in [2.75, 3.05) is 60.2 Å². The summed E-state index contributed by atoms with van der Waals surface area (Å²) in [6.07, 6.45) is 4.21. The van der Waals surface area contributed by atoms with Crippen LogP contribution in [0.25, 0.3) is 0 Å². The minimum Gasteiger partial charge on any atom is -0.497 e. The first kappa shape index (κ1) is 25.2. The summed E-state index contributed by atoms with van der Waals surface area (Å²) >= 11 is 0. The number of aliphatic hydroxyl groups excluding tert-OH is 1. The molecule has 7 nitrogen and oxygen atoms in total. The van der Waals surface area contributed by atoms with Crippen molar-refractivity contribution in [2.24, 2.45) is 10.4 Å². The smallest absolute Gasteiger partial charge is 0.191 e. The lowest BCUT2D eigenvalue weighted by Gasteiger charge is -2.30. The molecule has 2 aliphatic heterocycles. The van der Waals surface area contributed by atoms with Gasteiger partial charge >= 0.3 is 0 Å². The van der Waals surface area contributed by atoms with Crippen LogP contribution in [-0.4, -0.2) is 76.1 Å². The molecule has 30 heavy (non-hydrogen) atoms. The summed E-state index contributed by atoms with van der Waals surface area (Å²) in [5.41, 5.74) is 1.25. The molecule has 0 aromatic heterocycles. The van der Waals surface area contributed by atoms with E-state index in [1.807, 2.05) is 6.07 Å². The number of guanidine groups is 1. The fourth-order valence-electron chi connectivity index (χ4n) is 4.36. The van der Waals surface area contributed by atoms with Crippen LogP contribution in [0.5, 0.6) is 5.75 Å². The van der Waals surface area contributed by atoms with Crippen LogP contribution < -0.4 is 15.4 Å². The quantitative estimate of drug-likeness (QED) is 0.258. The lowest BCUT2D eigenvalue weighted by molar-refractivity contribution is 0.127. The number of aliphatic hydroxyl groups is 1. The Kier molecular flexibility index (Phi) is 10.6. The fourth-order valence-corrected chi connectivity index (χ4v) is 4.36. The zero-order valence-electron chi connectivity index (χ0n) is 18.2. The Morgan fingerprint density at radius 3 is 2.77 bits per heavy atom. The molecule has 2 heterocycles. The number of hydrogen-bond acceptors (Lipinski definition) is 5. The number of ether oxygens (including phenoxy) is 2. The summed E-state index contributed by atoms with van der Waals surface area (Å²) in [5.74, 6) is 1.68. The van der Waals surface area contributed by atoms with Gasteiger partial charge in [0, 0.05) is 38.8 Å². The number of benzene rings is 1. The summed E-state index contributed by atoms with van der Waals surface area (Å²) in [7, 11) is 3.51. The van der Waals surface area contributed by atoms with Crippen LogP contribution in [-0.2, 0) is 4.74 Å². The van der Waals surface area contributed by atoms with Gasteiger partial charge in [-0.3, -0.25) is 9.89 Å². The van der Waals surface area contributed by atoms with Crippen LogP contribution in [0.2, 0.25) is 0 Å². The van der Waals surface area contributed by atoms with Gasteiger partial charge in [-0.15, -0.1) is 24.0 Å². The fraction of sp³-hybridized carbons (Fsp3) is 0.682. The SMILES string of the molecule is CN=C(NCC(c1cccc(OC)c1)N1CCCC1)NCC1(CCO)CCOC1.I. The molecule has 0 aliphatic carbocycles. The molecule has 2 fully saturated rings. The van der Waals surface area contributed by atoms with E-state index < -0.39 is 0 Å². The Hall–Kier alpha value is -1.10. The van der Waals surface area contributed by atoms with E-state index >= 15 is 0 Å². The first-order chi connectivity index (χ1) is 14.2. The first-order valence-corrected chi connectivity index (χ1v) is 10.7. The topological polar surface area (TPSA) is 78.4 Å². The van der Waals surface area contributed by atoms with Crippen LogP contribution in [0.3, 0.4) is 0 Å². The van der Waals surface area contributed by atoms with Gasteiger partial charge in [-0.1, -0.05) is 12.1 Å². The van der Waals surface area contributed by atoms with Crippen molar-refractivity contribution >= 4 is 29.9 Å². The molecule has 0 spiro atoms. The molecule has 0 amide bonds. The summed E-state index contributed by atoms with van der Waals surface area (Å²) in [5, 5.41) is 16.4. The number of likely N-dealkylation sites (tertiary alicyclic amines) is 1. The Morgan fingerprint density at radius 2 is 2.13 bits per heavy atom. The summed E-state index contributed by atoms with van der Waals surface area (Å²) < 4.78 is 11.0. The molecule has 0 bridgehead atoms. The number of aliphatic imine (C=N–C) groups is 1. The van der Waals surface area contributed by atoms with Crippen molar-refractivity contribution in [1.29, 1.82) is 0 Å². The van der Waals surface area contributed by atoms with Crippen molar-refractivity contribution in [3.63, 3.8) is 0 Å². The van der Waals surface area contributed by atoms with Gasteiger partial charge in [0.2, 0.25) is 0 Å². The third-order valence-corrected chi connectivity index (χ3v) is 6.20. The lowest BCUT2D eigenvalue weighted by Crippen LogP contribution is -2.46. The van der Waals surface area contributed by atoms with E-state index in [0.717, 1.165) is 57.3 Å². The van der Waals surface area contributed by atoms with Crippen molar-refractivity contribution in [2.45, 2.75) is 31.7 Å². The molecule has 1 aromatic rings. The Morgan fingerprint density at radius 1 is 1.33 bits per heavy atom. The number of methoxy groups -OCH3 is 1. The van der Waals surface area contributed by atoms with Gasteiger partial charge in [0.15, 0.2) is 5.96 Å². The van der Waals surface area contributed by atoms with Gasteiger partial charge in [0.1, 0.15) is 5.75 Å². The highest BCUT2D eigenvalue weighted by Gasteiger charge is 2.34. The highest BCUT2D eigenvalue weighted by atomic mass is 127. The second-order valence-electron chi connectivity index (χ2n) is 8.12. The van der Waals surface area contributed by atoms with E-state index in [9.17, 15) is 5.11 Å². The predicted molar refractivity (Wildman–Crippen MR) is 131 cm³/mol. The Labute approximate surface area is 197 Å². The second-order valence-corrected chi connectivity index (χ2v) is 8.12. The largest absolute Gasteiger partial charge is 0.497 e. The zero-order chi connectivity index (χ0) is 20.5. The molecule has 2 atom stereocenters. The second kappa shape index (κ2) is 12.7. The van der Waals surface area contributed by atoms with Crippen molar-refractivity contribution < 1.29 is 14.6 Å². The molecule has 3 rings (SSSR count). The van der Waals surface area contributed by atoms with Gasteiger partial charge in [0.25, 0.3) is 0 Å². The number of rotatable bonds is 9. The van der Waals surface area contributed by atoms with Crippen LogP contribution in [0.4, 0.5) is 0 Å². The van der Waals surface area contributed by atoms with Gasteiger partial charge in [-0.05, 0) is 56.5 Å². The summed E-state index contributed by atoms with van der Waals surface area (Å²) in [6, 6.07) is 8.63. The lowest BCUT2D eigenvalue weighted by atomic mass is 9.84. The molecule has 2 saturated heterocycles. The van der Waals surface area contributed by atoms with Crippen molar-refractivity contribution in [1.82, 2.24) is 15.5 Å². The molecule has 2 unspecified atom stereocenters. The van der Waals surface area contributed by atoms with Crippen LogP contribution in [0.15, 0.2) is 29.3 Å². The standard InChI is InChI=1S/C22H36N4O3.HI/c1-23-21(25-16-22(8-12-27)9-13-29-17-22)24-15-20(26-10-3-4-11-26)18-6-5-7-19(14-18)28-2;/h5-7,14,20,27H,3-4,8-13,15-17H2,1-2H3,(H2,23,24,25);1H. The summed E-state index contributed by atoms with van der Waals surface area (Å²) in [4.78, 5) is 6.95. The average Bonchev–Trinajstić information content (AvgIpc) is 3.44. The molecular formula is C22H37IN4O3. The van der Waals surface area contributed by atoms with E-state index in [-0.39, 0.29) is 42.0 Å². The maximum absolute atomic E-state index is 9.44. The molecular weight excluding hydrogens is 495 g/mol. The zero-order valence-corrected chi connectivity index (χ0v) is 20.6. The predicted octanol–water partition coefficient (Wildman–Crippen LogP) is 2.40. The molecule has 0 radical (unpaired) electrons. The highest BCUT2D eigenvalue weighted by Crippen LogP contribution is 2.31. The first-order valence-electron chi connectivity index (χ1n) is 10.7. The van der Waals surface area contributed by atoms with Gasteiger partial charge < -0.3 is 25.2 Å². The van der Waals surface area contributed by atoms with E-state index in [2.05, 4.69) is 38.7 Å². The van der Waals surface area contributed by atoms with Crippen LogP contribution >= 0.6 is 24.0 Å². The van der Waals surface area contributed by atoms with Crippen LogP contribution in [0.1, 0.15) is 37.3 Å². The van der Waals surface area contributed by atoms with E-state index in [0.29, 0.717) is 6.61 Å². The Bertz CT molecular complexity index is 662. The van der Waals surface area contributed by atoms with Crippen molar-refractivity contribution in [3.05, 3.63) is 29.8 Å². The number of hydrogen-bond donors (Lipinski definition) is 3. The molecule has 1 aromatic carbocycles. The summed E-state index contributed by atoms with van der Waals surface area (Å²) in [6.45, 7) is 5.40. The maximum atomic E-state index is 9.44. The minimum atomic E-state index is -0.00643. The highest BCUT2D eigenvalue weighted by molar-refractivity contribution is 14.0. The normalized spacial score (nSPS) is 23.1. The Balaban J connectivity index is 0.00000320. The third-order valence-electron chi connectivity index (χ3n) is 6.20. The monoisotopic (exact) mass is 532 g/mol. The molecule has 170 valence electrons. The molecule has 8 heteroatoms. The van der Waals surface area contributed by atoms with E-state index in [4.69, 9.17) is 9.47 Å². The maximum Gasteiger partial charge on any atom is 0.191 e. The van der Waals surface area contributed by atoms with Crippen LogP contribution in [0, 0.1) is 5.41 Å². The van der Waals surface area contributed by atoms with Crippen molar-refractivity contribution in [3.8, 4) is 5.75 Å². The number of halogens is 1. The average molecular weight is 532 g/mol. The van der Waals surface area contributed by atoms with Gasteiger partial charge in [-0.25, -0.2) is 0 Å². The van der Waals surface area contributed by atoms with Gasteiger partial charge in [-0.2, -0.15) is 0 Å². The number of nitrogens with one attached hydrogen (secondary N) is 2. The number of nitrogens with zero attached hydrogens (tertiary/aromatic N) is 2. The molecule has 3 N–H and O–H groups in total. The minimum absolute atomic E-state index is 0. The van der Waals surface area contributed by atoms with Gasteiger partial charge in [0.05, 0.1) is 19.8 Å².